The number of aromatic nitrogens is 4. The molecule has 8 heteroatoms. The summed E-state index contributed by atoms with van der Waals surface area (Å²) in [5, 5.41) is 17.3. The van der Waals surface area contributed by atoms with Crippen LogP contribution in [0, 0.1) is 0 Å². The summed E-state index contributed by atoms with van der Waals surface area (Å²) in [4.78, 5) is 0. The Morgan fingerprint density at radius 2 is 2.24 bits per heavy atom. The molecule has 6 nitrogen and oxygen atoms in total. The molecule has 1 heterocycles. The average molecular weight is 274 g/mol. The number of halogens is 2. The first-order valence-corrected chi connectivity index (χ1v) is 5.45. The zero-order chi connectivity index (χ0) is 12.3. The van der Waals surface area contributed by atoms with E-state index in [4.69, 9.17) is 27.9 Å². The molecular formula is C9H9Cl2N5O. The predicted octanol–water partition coefficient (Wildman–Crippen LogP) is 2.13. The minimum absolute atomic E-state index is 0.392. The predicted molar refractivity (Wildman–Crippen MR) is 64.5 cm³/mol. The third-order valence-corrected chi connectivity index (χ3v) is 2.57. The van der Waals surface area contributed by atoms with E-state index in [0.29, 0.717) is 28.3 Å². The van der Waals surface area contributed by atoms with Crippen molar-refractivity contribution in [3.63, 3.8) is 0 Å². The zero-order valence-corrected chi connectivity index (χ0v) is 10.4. The Bertz CT molecular complexity index is 502. The smallest absolute Gasteiger partial charge is 0.263 e. The molecule has 0 aliphatic rings. The largest absolute Gasteiger partial charge is 0.495 e. The number of ether oxygens (including phenoxy) is 1. The number of nitrogens with one attached hydrogen (secondary N) is 2. The summed E-state index contributed by atoms with van der Waals surface area (Å²) in [7, 11) is 1.55. The molecule has 0 atom stereocenters. The van der Waals surface area contributed by atoms with Gasteiger partial charge in [-0.05, 0) is 17.3 Å². The first kappa shape index (κ1) is 11.9. The topological polar surface area (TPSA) is 75.7 Å². The molecule has 0 spiro atoms. The molecular weight excluding hydrogens is 265 g/mol. The number of methoxy groups -OCH3 is 1. The van der Waals surface area contributed by atoms with Gasteiger partial charge in [0.1, 0.15) is 5.75 Å². The molecule has 1 aromatic carbocycles. The van der Waals surface area contributed by atoms with E-state index in [9.17, 15) is 0 Å². The number of rotatable bonds is 4. The van der Waals surface area contributed by atoms with Crippen molar-refractivity contribution < 1.29 is 4.74 Å². The number of nitrogens with zero attached hydrogens (tertiary/aromatic N) is 3. The van der Waals surface area contributed by atoms with Crippen LogP contribution in [0.3, 0.4) is 0 Å². The number of anilines is 1. The van der Waals surface area contributed by atoms with Crippen LogP contribution in [-0.2, 0) is 6.54 Å². The maximum atomic E-state index is 6.01. The zero-order valence-electron chi connectivity index (χ0n) is 8.87. The number of tetrazole rings is 1. The molecule has 0 unspecified atom stereocenters. The Kier molecular flexibility index (Phi) is 3.65. The Labute approximate surface area is 107 Å². The molecule has 0 radical (unpaired) electrons. The Morgan fingerprint density at radius 3 is 2.88 bits per heavy atom. The average Bonchev–Trinajstić information content (AvgIpc) is 2.78. The van der Waals surface area contributed by atoms with Gasteiger partial charge >= 0.3 is 0 Å². The van der Waals surface area contributed by atoms with Crippen LogP contribution in [0.1, 0.15) is 5.56 Å². The SMILES string of the molecule is COc1c(Cl)cc(Cl)cc1CNc1nn[nH]n1. The number of hydrogen-bond donors (Lipinski definition) is 2. The lowest BCUT2D eigenvalue weighted by molar-refractivity contribution is 0.410. The van der Waals surface area contributed by atoms with Crippen molar-refractivity contribution in [1.29, 1.82) is 0 Å². The van der Waals surface area contributed by atoms with Gasteiger partial charge in [0.2, 0.25) is 0 Å². The van der Waals surface area contributed by atoms with Crippen molar-refractivity contribution in [1.82, 2.24) is 20.6 Å². The van der Waals surface area contributed by atoms with E-state index in [1.165, 1.54) is 0 Å². The number of H-pyrrole nitrogens is 1. The van der Waals surface area contributed by atoms with Crippen LogP contribution in [0.5, 0.6) is 5.75 Å². The van der Waals surface area contributed by atoms with Crippen molar-refractivity contribution in [2.24, 2.45) is 0 Å². The fraction of sp³-hybridized carbons (Fsp3) is 0.222. The molecule has 90 valence electrons. The number of aromatic amines is 1. The van der Waals surface area contributed by atoms with Crippen molar-refractivity contribution in [3.05, 3.63) is 27.7 Å². The summed E-state index contributed by atoms with van der Waals surface area (Å²) in [5.74, 6) is 0.968. The van der Waals surface area contributed by atoms with Gasteiger partial charge < -0.3 is 10.1 Å². The molecule has 2 N–H and O–H groups in total. The van der Waals surface area contributed by atoms with Crippen LogP contribution in [0.25, 0.3) is 0 Å². The molecule has 0 fully saturated rings. The summed E-state index contributed by atoms with van der Waals surface area (Å²) in [6.45, 7) is 0.434. The van der Waals surface area contributed by atoms with Crippen molar-refractivity contribution in [2.45, 2.75) is 6.54 Å². The van der Waals surface area contributed by atoms with Crippen LogP contribution >= 0.6 is 23.2 Å². The van der Waals surface area contributed by atoms with Gasteiger partial charge in [0.25, 0.3) is 5.95 Å². The van der Waals surface area contributed by atoms with Crippen LogP contribution in [0.15, 0.2) is 12.1 Å². The molecule has 0 bridgehead atoms. The minimum Gasteiger partial charge on any atom is -0.495 e. The normalized spacial score (nSPS) is 10.3. The molecule has 2 rings (SSSR count). The van der Waals surface area contributed by atoms with Gasteiger partial charge in [0.05, 0.1) is 12.1 Å². The van der Waals surface area contributed by atoms with Gasteiger partial charge in [-0.3, -0.25) is 0 Å². The van der Waals surface area contributed by atoms with E-state index in [1.54, 1.807) is 19.2 Å². The van der Waals surface area contributed by atoms with Crippen LogP contribution in [-0.4, -0.2) is 27.7 Å². The van der Waals surface area contributed by atoms with E-state index in [2.05, 4.69) is 25.9 Å². The lowest BCUT2D eigenvalue weighted by Gasteiger charge is -2.10. The second kappa shape index (κ2) is 5.20. The number of hydrogen-bond acceptors (Lipinski definition) is 5. The van der Waals surface area contributed by atoms with E-state index < -0.39 is 0 Å². The second-order valence-corrected chi connectivity index (χ2v) is 4.01. The summed E-state index contributed by atoms with van der Waals surface area (Å²) < 4.78 is 5.21. The quantitative estimate of drug-likeness (QED) is 0.893. The highest BCUT2D eigenvalue weighted by molar-refractivity contribution is 6.35. The van der Waals surface area contributed by atoms with Gasteiger partial charge in [0.15, 0.2) is 0 Å². The molecule has 0 saturated heterocycles. The monoisotopic (exact) mass is 273 g/mol. The number of benzene rings is 1. The Hall–Kier alpha value is -1.53. The summed E-state index contributed by atoms with van der Waals surface area (Å²) in [6, 6.07) is 3.39. The lowest BCUT2D eigenvalue weighted by Crippen LogP contribution is -2.03. The molecule has 0 saturated carbocycles. The van der Waals surface area contributed by atoms with E-state index in [0.717, 1.165) is 5.56 Å². The summed E-state index contributed by atoms with van der Waals surface area (Å²) in [6.07, 6.45) is 0. The van der Waals surface area contributed by atoms with Gasteiger partial charge in [0, 0.05) is 17.1 Å². The van der Waals surface area contributed by atoms with Crippen LogP contribution in [0.2, 0.25) is 10.0 Å². The first-order chi connectivity index (χ1) is 8.20. The van der Waals surface area contributed by atoms with Gasteiger partial charge in [-0.15, -0.1) is 5.10 Å². The maximum absolute atomic E-state index is 6.01. The highest BCUT2D eigenvalue weighted by Crippen LogP contribution is 2.32. The first-order valence-electron chi connectivity index (χ1n) is 4.70. The maximum Gasteiger partial charge on any atom is 0.263 e. The second-order valence-electron chi connectivity index (χ2n) is 3.17. The molecule has 17 heavy (non-hydrogen) atoms. The molecule has 0 aliphatic carbocycles. The molecule has 1 aromatic heterocycles. The van der Waals surface area contributed by atoms with E-state index in [1.807, 2.05) is 0 Å². The highest BCUT2D eigenvalue weighted by atomic mass is 35.5. The fourth-order valence-corrected chi connectivity index (χ4v) is 2.00. The minimum atomic E-state index is 0.392. The van der Waals surface area contributed by atoms with Crippen LogP contribution < -0.4 is 10.1 Å². The Balaban J connectivity index is 2.19. The lowest BCUT2D eigenvalue weighted by atomic mass is 10.2. The molecule has 2 aromatic rings. The van der Waals surface area contributed by atoms with Gasteiger partial charge in [-0.2, -0.15) is 5.21 Å². The fourth-order valence-electron chi connectivity index (χ4n) is 1.38. The van der Waals surface area contributed by atoms with Crippen molar-refractivity contribution in [2.75, 3.05) is 12.4 Å². The van der Waals surface area contributed by atoms with Gasteiger partial charge in [-0.1, -0.05) is 28.3 Å². The molecule has 0 amide bonds. The molecule has 0 aliphatic heterocycles. The van der Waals surface area contributed by atoms with Crippen molar-refractivity contribution in [3.8, 4) is 5.75 Å². The highest BCUT2D eigenvalue weighted by Gasteiger charge is 2.10. The van der Waals surface area contributed by atoms with Crippen molar-refractivity contribution >= 4 is 29.2 Å². The standard InChI is InChI=1S/C9H9Cl2N5O/c1-17-8-5(2-6(10)3-7(8)11)4-12-9-13-15-16-14-9/h2-3H,4H2,1H3,(H2,12,13,14,15,16). The van der Waals surface area contributed by atoms with E-state index >= 15 is 0 Å². The van der Waals surface area contributed by atoms with Gasteiger partial charge in [-0.25, -0.2) is 0 Å². The third-order valence-electron chi connectivity index (χ3n) is 2.07. The third kappa shape index (κ3) is 2.78. The summed E-state index contributed by atoms with van der Waals surface area (Å²) >= 11 is 11.9. The van der Waals surface area contributed by atoms with Crippen LogP contribution in [0.4, 0.5) is 5.95 Å². The van der Waals surface area contributed by atoms with E-state index in [-0.39, 0.29) is 0 Å². The summed E-state index contributed by atoms with van der Waals surface area (Å²) in [5.41, 5.74) is 0.815. The Morgan fingerprint density at radius 1 is 1.41 bits per heavy atom.